The van der Waals surface area contributed by atoms with Crippen LogP contribution in [-0.4, -0.2) is 47.5 Å². The summed E-state index contributed by atoms with van der Waals surface area (Å²) in [4.78, 5) is 26.2. The molecule has 0 aromatic heterocycles. The predicted molar refractivity (Wildman–Crippen MR) is 87.9 cm³/mol. The molecular formula is C14H16INO3S. The molecule has 1 aliphatic rings. The average Bonchev–Trinajstić information content (AvgIpc) is 2.47. The lowest BCUT2D eigenvalue weighted by Crippen LogP contribution is -2.51. The SMILES string of the molecule is CCOC(=O)C1CSCCN1C(=O)c1cccc(I)c1. The lowest BCUT2D eigenvalue weighted by molar-refractivity contribution is -0.147. The second-order valence-electron chi connectivity index (χ2n) is 4.35. The fourth-order valence-corrected chi connectivity index (χ4v) is 3.64. The molecule has 0 spiro atoms. The van der Waals surface area contributed by atoms with E-state index in [1.54, 1.807) is 29.7 Å². The van der Waals surface area contributed by atoms with Crippen molar-refractivity contribution < 1.29 is 14.3 Å². The van der Waals surface area contributed by atoms with Crippen molar-refractivity contribution in [2.24, 2.45) is 0 Å². The molecule has 1 aromatic carbocycles. The first-order valence-corrected chi connectivity index (χ1v) is 8.67. The van der Waals surface area contributed by atoms with Gasteiger partial charge in [0, 0.05) is 27.2 Å². The minimum Gasteiger partial charge on any atom is -0.464 e. The molecule has 1 unspecified atom stereocenters. The highest BCUT2D eigenvalue weighted by atomic mass is 127. The molecule has 6 heteroatoms. The molecule has 20 heavy (non-hydrogen) atoms. The summed E-state index contributed by atoms with van der Waals surface area (Å²) in [5, 5.41) is 0. The monoisotopic (exact) mass is 405 g/mol. The molecule has 1 fully saturated rings. The van der Waals surface area contributed by atoms with E-state index in [4.69, 9.17) is 4.74 Å². The summed E-state index contributed by atoms with van der Waals surface area (Å²) < 4.78 is 6.08. The van der Waals surface area contributed by atoms with E-state index >= 15 is 0 Å². The van der Waals surface area contributed by atoms with Gasteiger partial charge in [0.1, 0.15) is 6.04 Å². The second kappa shape index (κ2) is 7.31. The average molecular weight is 405 g/mol. The van der Waals surface area contributed by atoms with Gasteiger partial charge in [0.05, 0.1) is 6.61 Å². The fourth-order valence-electron chi connectivity index (χ4n) is 2.07. The van der Waals surface area contributed by atoms with E-state index < -0.39 is 6.04 Å². The van der Waals surface area contributed by atoms with Crippen LogP contribution in [0.15, 0.2) is 24.3 Å². The highest BCUT2D eigenvalue weighted by Gasteiger charge is 2.34. The summed E-state index contributed by atoms with van der Waals surface area (Å²) in [5.41, 5.74) is 0.623. The third-order valence-corrected chi connectivity index (χ3v) is 4.71. The summed E-state index contributed by atoms with van der Waals surface area (Å²) in [6.45, 7) is 2.70. The third-order valence-electron chi connectivity index (χ3n) is 3.02. The summed E-state index contributed by atoms with van der Waals surface area (Å²) in [5.74, 6) is 1.06. The fraction of sp³-hybridized carbons (Fsp3) is 0.429. The number of benzene rings is 1. The Morgan fingerprint density at radius 3 is 3.00 bits per heavy atom. The van der Waals surface area contributed by atoms with Crippen LogP contribution < -0.4 is 0 Å². The highest BCUT2D eigenvalue weighted by Crippen LogP contribution is 2.21. The molecule has 0 N–H and O–H groups in total. The summed E-state index contributed by atoms with van der Waals surface area (Å²) >= 11 is 3.86. The second-order valence-corrected chi connectivity index (χ2v) is 6.75. The number of amides is 1. The van der Waals surface area contributed by atoms with Crippen LogP contribution in [0, 0.1) is 3.57 Å². The summed E-state index contributed by atoms with van der Waals surface area (Å²) in [6, 6.07) is 6.94. The number of carbonyl (C=O) groups is 2. The summed E-state index contributed by atoms with van der Waals surface area (Å²) in [6.07, 6.45) is 0. The van der Waals surface area contributed by atoms with E-state index in [1.807, 2.05) is 18.2 Å². The number of nitrogens with zero attached hydrogens (tertiary/aromatic N) is 1. The quantitative estimate of drug-likeness (QED) is 0.573. The number of halogens is 1. The van der Waals surface area contributed by atoms with E-state index in [0.717, 1.165) is 9.32 Å². The smallest absolute Gasteiger partial charge is 0.329 e. The number of hydrogen-bond donors (Lipinski definition) is 0. The molecule has 0 bridgehead atoms. The normalized spacial score (nSPS) is 18.7. The zero-order chi connectivity index (χ0) is 14.5. The number of hydrogen-bond acceptors (Lipinski definition) is 4. The maximum absolute atomic E-state index is 12.6. The van der Waals surface area contributed by atoms with Crippen LogP contribution in [0.25, 0.3) is 0 Å². The topological polar surface area (TPSA) is 46.6 Å². The van der Waals surface area contributed by atoms with Crippen molar-refractivity contribution in [2.75, 3.05) is 24.7 Å². The van der Waals surface area contributed by atoms with Crippen LogP contribution in [0.5, 0.6) is 0 Å². The van der Waals surface area contributed by atoms with Crippen LogP contribution in [0.3, 0.4) is 0 Å². The first-order valence-electron chi connectivity index (χ1n) is 6.44. The van der Waals surface area contributed by atoms with Gasteiger partial charge in [-0.05, 0) is 47.7 Å². The minimum atomic E-state index is -0.473. The number of carbonyl (C=O) groups excluding carboxylic acids is 2. The van der Waals surface area contributed by atoms with E-state index in [-0.39, 0.29) is 11.9 Å². The molecule has 0 saturated carbocycles. The van der Waals surface area contributed by atoms with Gasteiger partial charge in [0.25, 0.3) is 5.91 Å². The molecular weight excluding hydrogens is 389 g/mol. The van der Waals surface area contributed by atoms with Gasteiger partial charge in [0.2, 0.25) is 0 Å². The zero-order valence-corrected chi connectivity index (χ0v) is 14.1. The van der Waals surface area contributed by atoms with Crippen molar-refractivity contribution in [2.45, 2.75) is 13.0 Å². The Hall–Kier alpha value is -0.760. The molecule has 1 heterocycles. The van der Waals surface area contributed by atoms with Gasteiger partial charge in [-0.25, -0.2) is 4.79 Å². The van der Waals surface area contributed by atoms with Gasteiger partial charge < -0.3 is 9.64 Å². The van der Waals surface area contributed by atoms with Gasteiger partial charge in [-0.2, -0.15) is 11.8 Å². The van der Waals surface area contributed by atoms with Crippen molar-refractivity contribution in [3.05, 3.63) is 33.4 Å². The Labute approximate surface area is 136 Å². The van der Waals surface area contributed by atoms with E-state index in [0.29, 0.717) is 24.5 Å². The Morgan fingerprint density at radius 1 is 1.50 bits per heavy atom. The third kappa shape index (κ3) is 3.66. The largest absolute Gasteiger partial charge is 0.464 e. The number of ether oxygens (including phenoxy) is 1. The van der Waals surface area contributed by atoms with Crippen LogP contribution in [-0.2, 0) is 9.53 Å². The maximum Gasteiger partial charge on any atom is 0.329 e. The standard InChI is InChI=1S/C14H16INO3S/c1-2-19-14(18)12-9-20-7-6-16(12)13(17)10-4-3-5-11(15)8-10/h3-5,8,12H,2,6-7,9H2,1H3. The van der Waals surface area contributed by atoms with Crippen molar-refractivity contribution >= 4 is 46.2 Å². The molecule has 1 aliphatic heterocycles. The van der Waals surface area contributed by atoms with Gasteiger partial charge in [-0.1, -0.05) is 6.07 Å². The molecule has 0 radical (unpaired) electrons. The van der Waals surface area contributed by atoms with Crippen molar-refractivity contribution in [1.29, 1.82) is 0 Å². The number of esters is 1. The molecule has 1 aromatic rings. The Balaban J connectivity index is 2.19. The molecule has 1 saturated heterocycles. The van der Waals surface area contributed by atoms with E-state index in [1.165, 1.54) is 0 Å². The van der Waals surface area contributed by atoms with Gasteiger partial charge in [-0.15, -0.1) is 0 Å². The van der Waals surface area contributed by atoms with Gasteiger partial charge >= 0.3 is 5.97 Å². The van der Waals surface area contributed by atoms with Crippen LogP contribution >= 0.6 is 34.4 Å². The Kier molecular flexibility index (Phi) is 5.71. The van der Waals surface area contributed by atoms with Crippen LogP contribution in [0.4, 0.5) is 0 Å². The lowest BCUT2D eigenvalue weighted by atomic mass is 10.1. The molecule has 1 atom stereocenters. The van der Waals surface area contributed by atoms with Gasteiger partial charge in [-0.3, -0.25) is 4.79 Å². The first-order chi connectivity index (χ1) is 9.63. The molecule has 2 rings (SSSR count). The van der Waals surface area contributed by atoms with E-state index in [9.17, 15) is 9.59 Å². The molecule has 108 valence electrons. The van der Waals surface area contributed by atoms with Crippen LogP contribution in [0.2, 0.25) is 0 Å². The lowest BCUT2D eigenvalue weighted by Gasteiger charge is -2.33. The number of rotatable bonds is 3. The zero-order valence-electron chi connectivity index (χ0n) is 11.2. The molecule has 4 nitrogen and oxygen atoms in total. The first kappa shape index (κ1) is 15.6. The minimum absolute atomic E-state index is 0.0955. The van der Waals surface area contributed by atoms with Crippen molar-refractivity contribution in [3.63, 3.8) is 0 Å². The maximum atomic E-state index is 12.6. The van der Waals surface area contributed by atoms with E-state index in [2.05, 4.69) is 22.6 Å². The molecule has 0 aliphatic carbocycles. The van der Waals surface area contributed by atoms with Crippen molar-refractivity contribution in [1.82, 2.24) is 4.90 Å². The Bertz CT molecular complexity index is 509. The van der Waals surface area contributed by atoms with Gasteiger partial charge in [0.15, 0.2) is 0 Å². The molecule has 1 amide bonds. The Morgan fingerprint density at radius 2 is 2.30 bits per heavy atom. The van der Waals surface area contributed by atoms with Crippen molar-refractivity contribution in [3.8, 4) is 0 Å². The predicted octanol–water partition coefficient (Wildman–Crippen LogP) is 2.41. The van der Waals surface area contributed by atoms with Crippen LogP contribution in [0.1, 0.15) is 17.3 Å². The number of thioether (sulfide) groups is 1. The summed E-state index contributed by atoms with van der Waals surface area (Å²) in [7, 11) is 0. The highest BCUT2D eigenvalue weighted by molar-refractivity contribution is 14.1.